The number of benzene rings is 3. The lowest BCUT2D eigenvalue weighted by Crippen LogP contribution is -2.45. The molecule has 0 bridgehead atoms. The van der Waals surface area contributed by atoms with Crippen LogP contribution in [-0.2, 0) is 17.8 Å². The lowest BCUT2D eigenvalue weighted by Gasteiger charge is -2.32. The third-order valence-corrected chi connectivity index (χ3v) is 6.41. The zero-order valence-corrected chi connectivity index (χ0v) is 20.6. The number of carbonyl (C=O) groups excluding carboxylic acids is 1. The van der Waals surface area contributed by atoms with Crippen molar-refractivity contribution in [3.8, 4) is 16.9 Å². The summed E-state index contributed by atoms with van der Waals surface area (Å²) in [5, 5.41) is 2.96. The number of rotatable bonds is 9. The van der Waals surface area contributed by atoms with Gasteiger partial charge >= 0.3 is 0 Å². The minimum Gasteiger partial charge on any atom is -0.492 e. The van der Waals surface area contributed by atoms with Gasteiger partial charge in [-0.15, -0.1) is 0 Å². The minimum atomic E-state index is -0.314. The Morgan fingerprint density at radius 1 is 0.971 bits per heavy atom. The van der Waals surface area contributed by atoms with Crippen LogP contribution < -0.4 is 10.1 Å². The van der Waals surface area contributed by atoms with Crippen LogP contribution in [0.3, 0.4) is 0 Å². The molecular weight excluding hydrogens is 441 g/mol. The summed E-state index contributed by atoms with van der Waals surface area (Å²) < 4.78 is 20.6. The molecule has 0 aliphatic carbocycles. The Labute approximate surface area is 207 Å². The molecule has 5 nitrogen and oxygen atoms in total. The molecule has 0 unspecified atom stereocenters. The Kier molecular flexibility index (Phi) is 8.50. The first-order valence-electron chi connectivity index (χ1n) is 12.2. The molecule has 1 aliphatic rings. The smallest absolute Gasteiger partial charge is 0.224 e. The molecule has 3 aromatic rings. The molecule has 1 N–H and O–H groups in total. The second kappa shape index (κ2) is 12.0. The zero-order valence-electron chi connectivity index (χ0n) is 20.6. The van der Waals surface area contributed by atoms with E-state index in [1.54, 1.807) is 6.07 Å². The van der Waals surface area contributed by atoms with E-state index in [1.165, 1.54) is 11.6 Å². The second-order valence-electron chi connectivity index (χ2n) is 9.27. The zero-order chi connectivity index (χ0) is 24.6. The minimum absolute atomic E-state index is 0.0384. The van der Waals surface area contributed by atoms with Gasteiger partial charge in [0.1, 0.15) is 18.2 Å². The van der Waals surface area contributed by atoms with E-state index < -0.39 is 0 Å². The molecule has 0 atom stereocenters. The van der Waals surface area contributed by atoms with Crippen molar-refractivity contribution in [3.05, 3.63) is 89.2 Å². The number of aryl methyl sites for hydroxylation is 1. The predicted molar refractivity (Wildman–Crippen MR) is 138 cm³/mol. The average molecular weight is 476 g/mol. The summed E-state index contributed by atoms with van der Waals surface area (Å²) in [6.07, 6.45) is 0.286. The molecule has 184 valence electrons. The number of amides is 1. The van der Waals surface area contributed by atoms with Crippen molar-refractivity contribution in [2.75, 3.05) is 46.4 Å². The largest absolute Gasteiger partial charge is 0.492 e. The van der Waals surface area contributed by atoms with Crippen LogP contribution in [0.4, 0.5) is 4.39 Å². The monoisotopic (exact) mass is 475 g/mol. The number of ether oxygens (including phenoxy) is 1. The topological polar surface area (TPSA) is 44.8 Å². The molecule has 1 aliphatic heterocycles. The van der Waals surface area contributed by atoms with E-state index in [4.69, 9.17) is 4.74 Å². The van der Waals surface area contributed by atoms with Gasteiger partial charge in [-0.25, -0.2) is 4.39 Å². The van der Waals surface area contributed by atoms with Crippen molar-refractivity contribution in [1.82, 2.24) is 15.1 Å². The standard InChI is InChI=1S/C29H34FN3O2/c1-22-4-3-5-24(18-22)21-31-29(34)19-23-6-8-25(9-7-23)27-11-10-26(20-28(27)30)35-17-16-33-14-12-32(2)13-15-33/h3-11,18,20H,12-17,19,21H2,1-2H3,(H,31,34). The highest BCUT2D eigenvalue weighted by atomic mass is 19.1. The molecule has 0 aromatic heterocycles. The van der Waals surface area contributed by atoms with Gasteiger partial charge in [0.05, 0.1) is 6.42 Å². The summed E-state index contributed by atoms with van der Waals surface area (Å²) in [6.45, 7) is 8.15. The van der Waals surface area contributed by atoms with E-state index in [2.05, 4.69) is 28.2 Å². The van der Waals surface area contributed by atoms with Crippen LogP contribution in [0, 0.1) is 12.7 Å². The predicted octanol–water partition coefficient (Wildman–Crippen LogP) is 4.29. The van der Waals surface area contributed by atoms with E-state index >= 15 is 0 Å². The second-order valence-corrected chi connectivity index (χ2v) is 9.27. The van der Waals surface area contributed by atoms with Gasteiger partial charge in [-0.05, 0) is 42.8 Å². The van der Waals surface area contributed by atoms with E-state index in [1.807, 2.05) is 55.5 Å². The van der Waals surface area contributed by atoms with Crippen LogP contribution >= 0.6 is 0 Å². The first-order chi connectivity index (χ1) is 17.0. The van der Waals surface area contributed by atoms with E-state index in [-0.39, 0.29) is 18.1 Å². The van der Waals surface area contributed by atoms with Gasteiger partial charge in [-0.3, -0.25) is 9.69 Å². The Balaban J connectivity index is 1.26. The fourth-order valence-corrected chi connectivity index (χ4v) is 4.26. The number of piperazine rings is 1. The number of likely N-dealkylation sites (N-methyl/N-ethyl adjacent to an activating group) is 1. The van der Waals surface area contributed by atoms with Gasteiger partial charge in [0.15, 0.2) is 0 Å². The van der Waals surface area contributed by atoms with Crippen molar-refractivity contribution >= 4 is 5.91 Å². The van der Waals surface area contributed by atoms with Crippen LogP contribution in [-0.4, -0.2) is 62.1 Å². The highest BCUT2D eigenvalue weighted by Crippen LogP contribution is 2.26. The third kappa shape index (κ3) is 7.38. The van der Waals surface area contributed by atoms with Gasteiger partial charge in [0.25, 0.3) is 0 Å². The SMILES string of the molecule is Cc1cccc(CNC(=O)Cc2ccc(-c3ccc(OCCN4CCN(C)CC4)cc3F)cc2)c1. The molecular formula is C29H34FN3O2. The molecule has 6 heteroatoms. The highest BCUT2D eigenvalue weighted by molar-refractivity contribution is 5.79. The van der Waals surface area contributed by atoms with E-state index in [0.717, 1.165) is 49.4 Å². The van der Waals surface area contributed by atoms with Crippen LogP contribution in [0.15, 0.2) is 66.7 Å². The molecule has 1 heterocycles. The van der Waals surface area contributed by atoms with Crippen LogP contribution in [0.2, 0.25) is 0 Å². The van der Waals surface area contributed by atoms with Crippen LogP contribution in [0.25, 0.3) is 11.1 Å². The summed E-state index contributed by atoms with van der Waals surface area (Å²) in [6, 6.07) is 20.6. The van der Waals surface area contributed by atoms with Gasteiger partial charge in [0, 0.05) is 50.9 Å². The fourth-order valence-electron chi connectivity index (χ4n) is 4.26. The molecule has 1 amide bonds. The van der Waals surface area contributed by atoms with Gasteiger partial charge in [-0.1, -0.05) is 54.1 Å². The maximum absolute atomic E-state index is 14.8. The van der Waals surface area contributed by atoms with E-state index in [0.29, 0.717) is 24.5 Å². The Morgan fingerprint density at radius 3 is 2.46 bits per heavy atom. The fraction of sp³-hybridized carbons (Fsp3) is 0.345. The third-order valence-electron chi connectivity index (χ3n) is 6.41. The normalized spacial score (nSPS) is 14.6. The maximum Gasteiger partial charge on any atom is 0.224 e. The molecule has 1 saturated heterocycles. The van der Waals surface area contributed by atoms with Crippen molar-refractivity contribution in [2.45, 2.75) is 19.9 Å². The average Bonchev–Trinajstić information content (AvgIpc) is 2.85. The molecule has 0 radical (unpaired) electrons. The summed E-state index contributed by atoms with van der Waals surface area (Å²) >= 11 is 0. The quantitative estimate of drug-likeness (QED) is 0.502. The number of hydrogen-bond acceptors (Lipinski definition) is 4. The summed E-state index contributed by atoms with van der Waals surface area (Å²) in [4.78, 5) is 17.0. The Hall–Kier alpha value is -3.22. The number of nitrogens with zero attached hydrogens (tertiary/aromatic N) is 2. The van der Waals surface area contributed by atoms with Gasteiger partial charge < -0.3 is 15.0 Å². The molecule has 1 fully saturated rings. The maximum atomic E-state index is 14.8. The number of nitrogens with one attached hydrogen (secondary N) is 1. The first kappa shape index (κ1) is 24.9. The van der Waals surface area contributed by atoms with Crippen LogP contribution in [0.1, 0.15) is 16.7 Å². The summed E-state index contributed by atoms with van der Waals surface area (Å²) in [7, 11) is 2.14. The van der Waals surface area contributed by atoms with Gasteiger partial charge in [-0.2, -0.15) is 0 Å². The lowest BCUT2D eigenvalue weighted by molar-refractivity contribution is -0.120. The summed E-state index contributed by atoms with van der Waals surface area (Å²) in [5.74, 6) is 0.191. The van der Waals surface area contributed by atoms with Crippen molar-refractivity contribution in [2.24, 2.45) is 0 Å². The van der Waals surface area contributed by atoms with Gasteiger partial charge in [0.2, 0.25) is 5.91 Å². The summed E-state index contributed by atoms with van der Waals surface area (Å²) in [5.41, 5.74) is 4.43. The molecule has 4 rings (SSSR count). The molecule has 0 saturated carbocycles. The van der Waals surface area contributed by atoms with Crippen molar-refractivity contribution in [1.29, 1.82) is 0 Å². The Morgan fingerprint density at radius 2 is 1.74 bits per heavy atom. The number of hydrogen-bond donors (Lipinski definition) is 1. The number of carbonyl (C=O) groups is 1. The van der Waals surface area contributed by atoms with Crippen LogP contribution in [0.5, 0.6) is 5.75 Å². The Bertz CT molecular complexity index is 1130. The molecule has 35 heavy (non-hydrogen) atoms. The van der Waals surface area contributed by atoms with Crippen molar-refractivity contribution < 1.29 is 13.9 Å². The molecule has 0 spiro atoms. The van der Waals surface area contributed by atoms with Crippen molar-refractivity contribution in [3.63, 3.8) is 0 Å². The number of halogens is 1. The molecule has 3 aromatic carbocycles. The lowest BCUT2D eigenvalue weighted by atomic mass is 10.0. The first-order valence-corrected chi connectivity index (χ1v) is 12.2. The highest BCUT2D eigenvalue weighted by Gasteiger charge is 2.14. The van der Waals surface area contributed by atoms with E-state index in [9.17, 15) is 9.18 Å².